The summed E-state index contributed by atoms with van der Waals surface area (Å²) in [7, 11) is 0. The zero-order chi connectivity index (χ0) is 20.5. The number of anilines is 1. The van der Waals surface area contributed by atoms with Gasteiger partial charge < -0.3 is 5.21 Å². The van der Waals surface area contributed by atoms with Gasteiger partial charge in [0.1, 0.15) is 0 Å². The Morgan fingerprint density at radius 2 is 1.37 bits per heavy atom. The fourth-order valence-electron chi connectivity index (χ4n) is 5.97. The number of para-hydroxylation sites is 1. The van der Waals surface area contributed by atoms with E-state index in [4.69, 9.17) is 0 Å². The van der Waals surface area contributed by atoms with Crippen molar-refractivity contribution in [1.82, 2.24) is 0 Å². The van der Waals surface area contributed by atoms with E-state index in [0.29, 0.717) is 5.69 Å². The lowest BCUT2D eigenvalue weighted by Gasteiger charge is -2.52. The van der Waals surface area contributed by atoms with Gasteiger partial charge in [0.2, 0.25) is 11.8 Å². The van der Waals surface area contributed by atoms with E-state index >= 15 is 0 Å². The maximum atomic E-state index is 13.8. The summed E-state index contributed by atoms with van der Waals surface area (Å²) < 4.78 is 0. The average Bonchev–Trinajstić information content (AvgIpc) is 3.06. The summed E-state index contributed by atoms with van der Waals surface area (Å²) in [6.07, 6.45) is 1.46. The van der Waals surface area contributed by atoms with E-state index in [1.807, 2.05) is 66.7 Å². The lowest BCUT2D eigenvalue weighted by Crippen LogP contribution is -2.54. The average molecular weight is 394 g/mol. The second kappa shape index (κ2) is 5.89. The van der Waals surface area contributed by atoms with Crippen LogP contribution in [0.3, 0.4) is 0 Å². The van der Waals surface area contributed by atoms with Gasteiger partial charge in [-0.15, -0.1) is 5.16 Å². The maximum absolute atomic E-state index is 13.8. The van der Waals surface area contributed by atoms with Crippen molar-refractivity contribution in [2.45, 2.75) is 11.3 Å². The zero-order valence-corrected chi connectivity index (χ0v) is 16.0. The lowest BCUT2D eigenvalue weighted by molar-refractivity contribution is -0.122. The van der Waals surface area contributed by atoms with Gasteiger partial charge in [-0.1, -0.05) is 66.7 Å². The summed E-state index contributed by atoms with van der Waals surface area (Å²) >= 11 is 0. The molecular formula is C25H18N2O3. The van der Waals surface area contributed by atoms with Gasteiger partial charge in [0.15, 0.2) is 0 Å². The van der Waals surface area contributed by atoms with Crippen molar-refractivity contribution >= 4 is 23.7 Å². The zero-order valence-electron chi connectivity index (χ0n) is 16.0. The molecule has 3 aromatic carbocycles. The van der Waals surface area contributed by atoms with Gasteiger partial charge in [0, 0.05) is 5.92 Å². The number of hydrogen-bond acceptors (Lipinski definition) is 4. The normalized spacial score (nSPS) is 28.5. The smallest absolute Gasteiger partial charge is 0.239 e. The number of imide groups is 1. The third kappa shape index (κ3) is 1.85. The predicted octanol–water partition coefficient (Wildman–Crippen LogP) is 3.70. The summed E-state index contributed by atoms with van der Waals surface area (Å²) in [6, 6.07) is 24.8. The fraction of sp³-hybridized carbons (Fsp3) is 0.160. The van der Waals surface area contributed by atoms with Crippen LogP contribution in [0.15, 0.2) is 84.0 Å². The molecule has 5 nitrogen and oxygen atoms in total. The molecule has 5 heteroatoms. The van der Waals surface area contributed by atoms with Crippen LogP contribution in [0.5, 0.6) is 0 Å². The van der Waals surface area contributed by atoms with Crippen LogP contribution in [0.2, 0.25) is 0 Å². The van der Waals surface area contributed by atoms with E-state index in [0.717, 1.165) is 22.3 Å². The number of nitrogens with zero attached hydrogens (tertiary/aromatic N) is 2. The number of benzene rings is 3. The minimum Gasteiger partial charge on any atom is -0.411 e. The SMILES string of the molecule is O=C1C2C3c4ccccc4C(C=NO)(c4ccccc43)C2C(=O)N1c1ccccc1. The highest BCUT2D eigenvalue weighted by Gasteiger charge is 2.68. The Morgan fingerprint density at radius 1 is 0.800 bits per heavy atom. The third-order valence-corrected chi connectivity index (χ3v) is 6.96. The number of carbonyl (C=O) groups excluding carboxylic acids is 2. The molecule has 0 aromatic heterocycles. The maximum Gasteiger partial charge on any atom is 0.239 e. The number of rotatable bonds is 2. The van der Waals surface area contributed by atoms with Crippen LogP contribution in [0.25, 0.3) is 0 Å². The van der Waals surface area contributed by atoms with Gasteiger partial charge in [-0.05, 0) is 34.4 Å². The molecule has 1 fully saturated rings. The summed E-state index contributed by atoms with van der Waals surface area (Å²) in [4.78, 5) is 28.8. The Bertz CT molecular complexity index is 1190. The van der Waals surface area contributed by atoms with Crippen LogP contribution in [0.1, 0.15) is 28.2 Å². The van der Waals surface area contributed by atoms with Gasteiger partial charge in [-0.3, -0.25) is 9.59 Å². The first kappa shape index (κ1) is 17.2. The second-order valence-electron chi connectivity index (χ2n) is 8.12. The molecule has 1 heterocycles. The molecule has 0 spiro atoms. The second-order valence-corrected chi connectivity index (χ2v) is 8.12. The first-order valence-corrected chi connectivity index (χ1v) is 10.0. The first-order valence-electron chi connectivity index (χ1n) is 10.0. The Kier molecular flexibility index (Phi) is 3.37. The summed E-state index contributed by atoms with van der Waals surface area (Å²) in [5.74, 6) is -1.84. The quantitative estimate of drug-likeness (QED) is 0.312. The van der Waals surface area contributed by atoms with E-state index in [-0.39, 0.29) is 17.7 Å². The number of oxime groups is 1. The molecule has 2 amide bonds. The first-order chi connectivity index (χ1) is 14.7. The van der Waals surface area contributed by atoms with Crippen molar-refractivity contribution in [2.24, 2.45) is 17.0 Å². The lowest BCUT2D eigenvalue weighted by atomic mass is 9.47. The number of amides is 2. The largest absolute Gasteiger partial charge is 0.411 e. The molecule has 3 aromatic rings. The summed E-state index contributed by atoms with van der Waals surface area (Å²) in [6.45, 7) is 0. The van der Waals surface area contributed by atoms with Gasteiger partial charge >= 0.3 is 0 Å². The van der Waals surface area contributed by atoms with Crippen LogP contribution < -0.4 is 4.90 Å². The molecule has 4 aliphatic rings. The molecule has 2 bridgehead atoms. The monoisotopic (exact) mass is 394 g/mol. The Balaban J connectivity index is 1.68. The molecule has 3 aliphatic carbocycles. The van der Waals surface area contributed by atoms with Crippen LogP contribution in [0.4, 0.5) is 5.69 Å². The third-order valence-electron chi connectivity index (χ3n) is 6.96. The van der Waals surface area contributed by atoms with Crippen molar-refractivity contribution in [1.29, 1.82) is 0 Å². The molecule has 2 unspecified atom stereocenters. The molecule has 0 saturated carbocycles. The molecule has 0 radical (unpaired) electrons. The van der Waals surface area contributed by atoms with Crippen LogP contribution in [-0.4, -0.2) is 23.2 Å². The molecule has 1 N–H and O–H groups in total. The van der Waals surface area contributed by atoms with Gasteiger partial charge in [0.05, 0.1) is 29.2 Å². The molecule has 7 rings (SSSR count). The van der Waals surface area contributed by atoms with E-state index in [1.54, 1.807) is 12.1 Å². The Hall–Kier alpha value is -3.73. The van der Waals surface area contributed by atoms with Crippen molar-refractivity contribution in [3.63, 3.8) is 0 Å². The van der Waals surface area contributed by atoms with Crippen LogP contribution in [-0.2, 0) is 15.0 Å². The van der Waals surface area contributed by atoms with Crippen molar-refractivity contribution < 1.29 is 14.8 Å². The fourth-order valence-corrected chi connectivity index (χ4v) is 5.97. The highest BCUT2D eigenvalue weighted by atomic mass is 16.4. The number of hydrogen-bond donors (Lipinski definition) is 1. The minimum absolute atomic E-state index is 0.194. The Morgan fingerprint density at radius 3 is 1.97 bits per heavy atom. The molecule has 1 aliphatic heterocycles. The Labute approximate surface area is 173 Å². The highest BCUT2D eigenvalue weighted by Crippen LogP contribution is 2.63. The van der Waals surface area contributed by atoms with Gasteiger partial charge in [-0.2, -0.15) is 0 Å². The topological polar surface area (TPSA) is 70.0 Å². The van der Waals surface area contributed by atoms with Crippen molar-refractivity contribution in [3.05, 3.63) is 101 Å². The van der Waals surface area contributed by atoms with Crippen molar-refractivity contribution in [2.75, 3.05) is 4.90 Å². The van der Waals surface area contributed by atoms with E-state index in [9.17, 15) is 14.8 Å². The van der Waals surface area contributed by atoms with Gasteiger partial charge in [-0.25, -0.2) is 4.90 Å². The van der Waals surface area contributed by atoms with Crippen LogP contribution in [0, 0.1) is 11.8 Å². The molecule has 30 heavy (non-hydrogen) atoms. The molecule has 2 atom stereocenters. The van der Waals surface area contributed by atoms with Gasteiger partial charge in [0.25, 0.3) is 0 Å². The van der Waals surface area contributed by atoms with E-state index < -0.39 is 17.3 Å². The minimum atomic E-state index is -0.988. The van der Waals surface area contributed by atoms with E-state index in [2.05, 4.69) is 5.16 Å². The molecule has 1 saturated heterocycles. The van der Waals surface area contributed by atoms with Crippen LogP contribution >= 0.6 is 0 Å². The van der Waals surface area contributed by atoms with E-state index in [1.165, 1.54) is 11.1 Å². The highest BCUT2D eigenvalue weighted by molar-refractivity contribution is 6.25. The standard InChI is InChI=1S/C25H18N2O3/c28-23-21-20-16-10-4-6-12-18(16)25(14-26-30,19-13-7-5-11-17(19)20)22(21)24(29)27(23)15-8-2-1-3-9-15/h1-14,20-22,30H. The summed E-state index contributed by atoms with van der Waals surface area (Å²) in [5, 5.41) is 13.1. The van der Waals surface area contributed by atoms with Crippen molar-refractivity contribution in [3.8, 4) is 0 Å². The number of carbonyl (C=O) groups is 2. The molecule has 146 valence electrons. The molecular weight excluding hydrogens is 376 g/mol. The summed E-state index contributed by atoms with van der Waals surface area (Å²) in [5.41, 5.74) is 3.50. The predicted molar refractivity (Wildman–Crippen MR) is 112 cm³/mol.